The van der Waals surface area contributed by atoms with E-state index in [2.05, 4.69) is 17.2 Å². The van der Waals surface area contributed by atoms with E-state index in [-0.39, 0.29) is 5.54 Å². The smallest absolute Gasteiger partial charge is 0.102 e. The molecule has 0 amide bonds. The van der Waals surface area contributed by atoms with Crippen LogP contribution in [-0.4, -0.2) is 15.0 Å². The lowest BCUT2D eigenvalue weighted by Gasteiger charge is -2.13. The molecule has 1 rings (SSSR count). The van der Waals surface area contributed by atoms with Gasteiger partial charge in [0, 0.05) is 6.54 Å². The Hall–Kier alpha value is -0.900. The van der Waals surface area contributed by atoms with Crippen LogP contribution in [0.5, 0.6) is 0 Å². The van der Waals surface area contributed by atoms with Crippen molar-refractivity contribution in [3.8, 4) is 0 Å². The molecule has 0 saturated heterocycles. The summed E-state index contributed by atoms with van der Waals surface area (Å²) < 4.78 is 1.90. The molecule has 0 unspecified atom stereocenters. The molecule has 4 nitrogen and oxygen atoms in total. The molecular weight excluding hydrogens is 200 g/mol. The molecule has 4 heteroatoms. The fraction of sp³-hybridized carbons (Fsp3) is 0.833. The molecule has 0 spiro atoms. The van der Waals surface area contributed by atoms with Gasteiger partial charge in [-0.2, -0.15) is 0 Å². The van der Waals surface area contributed by atoms with Gasteiger partial charge in [-0.1, -0.05) is 37.8 Å². The number of aromatic nitrogens is 3. The van der Waals surface area contributed by atoms with Gasteiger partial charge < -0.3 is 5.73 Å². The number of nitrogens with two attached hydrogens (primary N) is 1. The third-order valence-electron chi connectivity index (χ3n) is 2.69. The minimum atomic E-state index is -0.388. The van der Waals surface area contributed by atoms with Crippen molar-refractivity contribution in [2.75, 3.05) is 0 Å². The highest BCUT2D eigenvalue weighted by molar-refractivity contribution is 5.05. The van der Waals surface area contributed by atoms with Crippen LogP contribution < -0.4 is 5.73 Å². The van der Waals surface area contributed by atoms with Crippen LogP contribution in [0.15, 0.2) is 6.20 Å². The van der Waals surface area contributed by atoms with Crippen LogP contribution >= 0.6 is 0 Å². The number of nitrogens with zero attached hydrogens (tertiary/aromatic N) is 3. The van der Waals surface area contributed by atoms with E-state index in [9.17, 15) is 0 Å². The Morgan fingerprint density at radius 3 is 2.50 bits per heavy atom. The maximum absolute atomic E-state index is 5.95. The Kier molecular flexibility index (Phi) is 4.93. The topological polar surface area (TPSA) is 56.7 Å². The number of hydrogen-bond donors (Lipinski definition) is 1. The quantitative estimate of drug-likeness (QED) is 0.724. The first kappa shape index (κ1) is 13.2. The van der Waals surface area contributed by atoms with Gasteiger partial charge in [0.05, 0.1) is 11.7 Å². The van der Waals surface area contributed by atoms with Crippen molar-refractivity contribution in [3.63, 3.8) is 0 Å². The van der Waals surface area contributed by atoms with Crippen LogP contribution in [0.25, 0.3) is 0 Å². The van der Waals surface area contributed by atoms with Gasteiger partial charge in [-0.3, -0.25) is 4.68 Å². The van der Waals surface area contributed by atoms with Gasteiger partial charge in [0.1, 0.15) is 5.69 Å². The summed E-state index contributed by atoms with van der Waals surface area (Å²) in [6.07, 6.45) is 8.34. The average Bonchev–Trinajstić information content (AvgIpc) is 2.65. The molecule has 1 aromatic heterocycles. The fourth-order valence-corrected chi connectivity index (χ4v) is 1.58. The van der Waals surface area contributed by atoms with Gasteiger partial charge in [0.25, 0.3) is 0 Å². The summed E-state index contributed by atoms with van der Waals surface area (Å²) in [6.45, 7) is 7.07. The lowest BCUT2D eigenvalue weighted by atomic mass is 10.0. The molecule has 1 aromatic rings. The summed E-state index contributed by atoms with van der Waals surface area (Å²) in [5, 5.41) is 8.18. The molecule has 92 valence electrons. The monoisotopic (exact) mass is 224 g/mol. The Morgan fingerprint density at radius 1 is 1.25 bits per heavy atom. The lowest BCUT2D eigenvalue weighted by molar-refractivity contribution is 0.520. The van der Waals surface area contributed by atoms with Crippen LogP contribution in [0.2, 0.25) is 0 Å². The standard InChI is InChI=1S/C12H24N4/c1-4-5-6-7-8-9-16-10-11(14-15-16)12(2,3)13/h10H,4-9,13H2,1-3H3. The largest absolute Gasteiger partial charge is 0.320 e. The molecular formula is C12H24N4. The van der Waals surface area contributed by atoms with Crippen LogP contribution in [0.1, 0.15) is 58.6 Å². The second-order valence-electron chi connectivity index (χ2n) is 5.00. The molecule has 0 aliphatic carbocycles. The first-order chi connectivity index (χ1) is 7.54. The molecule has 0 aliphatic rings. The fourth-order valence-electron chi connectivity index (χ4n) is 1.58. The number of rotatable bonds is 7. The van der Waals surface area contributed by atoms with Gasteiger partial charge in [-0.25, -0.2) is 0 Å². The zero-order valence-corrected chi connectivity index (χ0v) is 10.7. The third-order valence-corrected chi connectivity index (χ3v) is 2.69. The lowest BCUT2D eigenvalue weighted by Crippen LogP contribution is -2.29. The second kappa shape index (κ2) is 5.99. The van der Waals surface area contributed by atoms with E-state index >= 15 is 0 Å². The number of hydrogen-bond acceptors (Lipinski definition) is 3. The van der Waals surface area contributed by atoms with E-state index in [4.69, 9.17) is 5.73 Å². The molecule has 0 aliphatic heterocycles. The van der Waals surface area contributed by atoms with E-state index in [1.54, 1.807) is 0 Å². The highest BCUT2D eigenvalue weighted by Crippen LogP contribution is 2.13. The van der Waals surface area contributed by atoms with Crippen LogP contribution in [-0.2, 0) is 12.1 Å². The first-order valence-electron chi connectivity index (χ1n) is 6.23. The highest BCUT2D eigenvalue weighted by atomic mass is 15.4. The minimum absolute atomic E-state index is 0.388. The molecule has 0 atom stereocenters. The first-order valence-corrected chi connectivity index (χ1v) is 6.23. The summed E-state index contributed by atoms with van der Waals surface area (Å²) in [7, 11) is 0. The van der Waals surface area contributed by atoms with Gasteiger partial charge >= 0.3 is 0 Å². The summed E-state index contributed by atoms with van der Waals surface area (Å²) in [5.74, 6) is 0. The van der Waals surface area contributed by atoms with Gasteiger partial charge in [-0.05, 0) is 20.3 Å². The molecule has 0 fully saturated rings. The van der Waals surface area contributed by atoms with Crippen LogP contribution in [0.4, 0.5) is 0 Å². The maximum Gasteiger partial charge on any atom is 0.102 e. The van der Waals surface area contributed by atoms with Crippen molar-refractivity contribution >= 4 is 0 Å². The van der Waals surface area contributed by atoms with E-state index in [1.165, 1.54) is 32.1 Å². The van der Waals surface area contributed by atoms with Crippen molar-refractivity contribution in [1.29, 1.82) is 0 Å². The zero-order valence-electron chi connectivity index (χ0n) is 10.7. The van der Waals surface area contributed by atoms with Crippen molar-refractivity contribution in [1.82, 2.24) is 15.0 Å². The molecule has 0 radical (unpaired) electrons. The van der Waals surface area contributed by atoms with Crippen molar-refractivity contribution in [2.24, 2.45) is 5.73 Å². The number of aryl methyl sites for hydroxylation is 1. The minimum Gasteiger partial charge on any atom is -0.320 e. The van der Waals surface area contributed by atoms with Gasteiger partial charge in [0.2, 0.25) is 0 Å². The van der Waals surface area contributed by atoms with Crippen molar-refractivity contribution in [2.45, 2.75) is 65.0 Å². The molecule has 16 heavy (non-hydrogen) atoms. The Labute approximate surface area is 98.2 Å². The van der Waals surface area contributed by atoms with Crippen LogP contribution in [0, 0.1) is 0 Å². The summed E-state index contributed by atoms with van der Waals surface area (Å²) >= 11 is 0. The zero-order chi connectivity index (χ0) is 12.0. The van der Waals surface area contributed by atoms with Crippen molar-refractivity contribution in [3.05, 3.63) is 11.9 Å². The Bertz CT molecular complexity index is 298. The Morgan fingerprint density at radius 2 is 1.94 bits per heavy atom. The molecule has 0 aromatic carbocycles. The summed E-state index contributed by atoms with van der Waals surface area (Å²) in [4.78, 5) is 0. The third kappa shape index (κ3) is 4.31. The SMILES string of the molecule is CCCCCCCn1cc(C(C)(C)N)nn1. The predicted octanol–water partition coefficient (Wildman–Crippen LogP) is 2.44. The predicted molar refractivity (Wildman–Crippen MR) is 66.0 cm³/mol. The number of unbranched alkanes of at least 4 members (excludes halogenated alkanes) is 4. The maximum atomic E-state index is 5.95. The van der Waals surface area contributed by atoms with E-state index < -0.39 is 0 Å². The second-order valence-corrected chi connectivity index (χ2v) is 5.00. The Balaban J connectivity index is 2.30. The molecule has 1 heterocycles. The van der Waals surface area contributed by atoms with Gasteiger partial charge in [-0.15, -0.1) is 5.10 Å². The molecule has 0 saturated carbocycles. The highest BCUT2D eigenvalue weighted by Gasteiger charge is 2.17. The molecule has 2 N–H and O–H groups in total. The van der Waals surface area contributed by atoms with Crippen LogP contribution in [0.3, 0.4) is 0 Å². The van der Waals surface area contributed by atoms with E-state index in [1.807, 2.05) is 24.7 Å². The summed E-state index contributed by atoms with van der Waals surface area (Å²) in [6, 6.07) is 0. The average molecular weight is 224 g/mol. The molecule has 0 bridgehead atoms. The van der Waals surface area contributed by atoms with Gasteiger partial charge in [0.15, 0.2) is 0 Å². The van der Waals surface area contributed by atoms with Crippen molar-refractivity contribution < 1.29 is 0 Å². The van der Waals surface area contributed by atoms with E-state index in [0.29, 0.717) is 0 Å². The van der Waals surface area contributed by atoms with E-state index in [0.717, 1.165) is 12.2 Å². The normalized spacial score (nSPS) is 12.0. The summed E-state index contributed by atoms with van der Waals surface area (Å²) in [5.41, 5.74) is 6.42.